The van der Waals surface area contributed by atoms with Crippen molar-refractivity contribution in [1.82, 2.24) is 4.72 Å². The van der Waals surface area contributed by atoms with Crippen LogP contribution in [0, 0.1) is 0 Å². The highest BCUT2D eigenvalue weighted by molar-refractivity contribution is 7.89. The number of ether oxygens (including phenoxy) is 2. The van der Waals surface area contributed by atoms with Gasteiger partial charge in [-0.05, 0) is 19.1 Å². The third kappa shape index (κ3) is 5.46. The van der Waals surface area contributed by atoms with Crippen molar-refractivity contribution < 1.29 is 17.9 Å². The van der Waals surface area contributed by atoms with E-state index >= 15 is 0 Å². The molecule has 1 aromatic rings. The van der Waals surface area contributed by atoms with Gasteiger partial charge < -0.3 is 14.8 Å². The van der Waals surface area contributed by atoms with Gasteiger partial charge in [0.05, 0.1) is 25.5 Å². The zero-order valence-electron chi connectivity index (χ0n) is 11.9. The minimum absolute atomic E-state index is 0.229. The van der Waals surface area contributed by atoms with Crippen LogP contribution in [0.5, 0.6) is 0 Å². The molecule has 0 aromatic heterocycles. The second-order valence-electron chi connectivity index (χ2n) is 4.03. The van der Waals surface area contributed by atoms with Crippen molar-refractivity contribution in [1.29, 1.82) is 0 Å². The average Bonchev–Trinajstić information content (AvgIpc) is 2.43. The van der Waals surface area contributed by atoms with E-state index in [0.717, 1.165) is 0 Å². The molecule has 0 amide bonds. The molecule has 0 saturated heterocycles. The molecule has 20 heavy (non-hydrogen) atoms. The topological polar surface area (TPSA) is 76.7 Å². The molecular formula is C13H22N2O4S. The molecule has 114 valence electrons. The zero-order chi connectivity index (χ0) is 14.8. The molecule has 0 aliphatic rings. The van der Waals surface area contributed by atoms with Gasteiger partial charge in [0.25, 0.3) is 0 Å². The van der Waals surface area contributed by atoms with Crippen LogP contribution in [-0.2, 0) is 19.5 Å². The Kier molecular flexibility index (Phi) is 7.53. The molecule has 6 nitrogen and oxygen atoms in total. The lowest BCUT2D eigenvalue weighted by molar-refractivity contribution is 0.0736. The van der Waals surface area contributed by atoms with Crippen LogP contribution in [0.2, 0.25) is 0 Å². The number of hydrogen-bond donors (Lipinski definition) is 2. The van der Waals surface area contributed by atoms with Crippen molar-refractivity contribution in [3.05, 3.63) is 24.3 Å². The molecule has 0 atom stereocenters. The van der Waals surface area contributed by atoms with E-state index in [-0.39, 0.29) is 11.4 Å². The Morgan fingerprint density at radius 2 is 1.90 bits per heavy atom. The first-order chi connectivity index (χ1) is 9.61. The summed E-state index contributed by atoms with van der Waals surface area (Å²) in [5.74, 6) is 0. The normalized spacial score (nSPS) is 11.5. The van der Waals surface area contributed by atoms with E-state index < -0.39 is 10.0 Å². The molecule has 1 aromatic carbocycles. The SMILES string of the molecule is CCNc1ccccc1S(=O)(=O)NCCOCCOC. The molecule has 7 heteroatoms. The van der Waals surface area contributed by atoms with Crippen LogP contribution in [0.4, 0.5) is 5.69 Å². The number of para-hydroxylation sites is 1. The third-order valence-electron chi connectivity index (χ3n) is 2.51. The summed E-state index contributed by atoms with van der Waals surface area (Å²) in [6.45, 7) is 4.06. The Morgan fingerprint density at radius 3 is 2.60 bits per heavy atom. The van der Waals surface area contributed by atoms with E-state index in [0.29, 0.717) is 32.1 Å². The molecule has 0 heterocycles. The highest BCUT2D eigenvalue weighted by atomic mass is 32.2. The molecule has 0 aliphatic carbocycles. The van der Waals surface area contributed by atoms with E-state index in [4.69, 9.17) is 9.47 Å². The first-order valence-corrected chi connectivity index (χ1v) is 7.99. The maximum Gasteiger partial charge on any atom is 0.242 e. The molecule has 0 radical (unpaired) electrons. The van der Waals surface area contributed by atoms with E-state index in [1.807, 2.05) is 6.92 Å². The Morgan fingerprint density at radius 1 is 1.15 bits per heavy atom. The van der Waals surface area contributed by atoms with E-state index in [1.165, 1.54) is 0 Å². The minimum atomic E-state index is -3.53. The van der Waals surface area contributed by atoms with Gasteiger partial charge in [-0.1, -0.05) is 12.1 Å². The molecule has 0 aliphatic heterocycles. The van der Waals surface area contributed by atoms with Crippen LogP contribution in [0.3, 0.4) is 0 Å². The van der Waals surface area contributed by atoms with Crippen molar-refractivity contribution in [2.75, 3.05) is 45.3 Å². The summed E-state index contributed by atoms with van der Waals surface area (Å²) < 4.78 is 36.9. The van der Waals surface area contributed by atoms with Gasteiger partial charge in [-0.15, -0.1) is 0 Å². The van der Waals surface area contributed by atoms with Gasteiger partial charge >= 0.3 is 0 Å². The monoisotopic (exact) mass is 302 g/mol. The first-order valence-electron chi connectivity index (χ1n) is 6.51. The molecule has 1 rings (SSSR count). The van der Waals surface area contributed by atoms with Crippen LogP contribution >= 0.6 is 0 Å². The number of nitrogens with one attached hydrogen (secondary N) is 2. The van der Waals surface area contributed by atoms with Gasteiger partial charge in [0.1, 0.15) is 4.90 Å². The quantitative estimate of drug-likeness (QED) is 0.632. The van der Waals surface area contributed by atoms with E-state index in [1.54, 1.807) is 31.4 Å². The van der Waals surface area contributed by atoms with Gasteiger partial charge in [-0.3, -0.25) is 0 Å². The Labute approximate surface area is 120 Å². The van der Waals surface area contributed by atoms with Crippen LogP contribution in [0.15, 0.2) is 29.2 Å². The first kappa shape index (κ1) is 16.9. The lowest BCUT2D eigenvalue weighted by Gasteiger charge is -2.12. The number of hydrogen-bond acceptors (Lipinski definition) is 5. The summed E-state index contributed by atoms with van der Waals surface area (Å²) >= 11 is 0. The van der Waals surface area contributed by atoms with Crippen LogP contribution in [-0.4, -0.2) is 48.4 Å². The predicted octanol–water partition coefficient (Wildman–Crippen LogP) is 1.06. The molecule has 0 bridgehead atoms. The Hall–Kier alpha value is -1.15. The molecule has 0 saturated carbocycles. The molecule has 0 unspecified atom stereocenters. The number of benzene rings is 1. The fourth-order valence-corrected chi connectivity index (χ4v) is 2.80. The standard InChI is InChI=1S/C13H22N2O4S/c1-3-14-12-6-4-5-7-13(12)20(16,17)15-8-9-19-11-10-18-2/h4-7,14-15H,3,8-11H2,1-2H3. The summed E-state index contributed by atoms with van der Waals surface area (Å²) in [4.78, 5) is 0.249. The van der Waals surface area contributed by atoms with Gasteiger partial charge in [0.15, 0.2) is 0 Å². The fraction of sp³-hybridized carbons (Fsp3) is 0.538. The molecular weight excluding hydrogens is 280 g/mol. The smallest absolute Gasteiger partial charge is 0.242 e. The second kappa shape index (κ2) is 8.91. The Balaban J connectivity index is 2.56. The maximum atomic E-state index is 12.2. The van der Waals surface area contributed by atoms with Crippen LogP contribution in [0.1, 0.15) is 6.92 Å². The highest BCUT2D eigenvalue weighted by Gasteiger charge is 2.17. The predicted molar refractivity (Wildman–Crippen MR) is 78.5 cm³/mol. The number of rotatable bonds is 10. The summed E-state index contributed by atoms with van der Waals surface area (Å²) in [6, 6.07) is 6.81. The van der Waals surface area contributed by atoms with Gasteiger partial charge in [0, 0.05) is 20.2 Å². The summed E-state index contributed by atoms with van der Waals surface area (Å²) in [7, 11) is -1.94. The summed E-state index contributed by atoms with van der Waals surface area (Å²) in [5, 5.41) is 3.03. The third-order valence-corrected chi connectivity index (χ3v) is 4.03. The lowest BCUT2D eigenvalue weighted by Crippen LogP contribution is -2.28. The van der Waals surface area contributed by atoms with Crippen LogP contribution < -0.4 is 10.0 Å². The van der Waals surface area contributed by atoms with Crippen molar-refractivity contribution in [2.24, 2.45) is 0 Å². The molecule has 0 fully saturated rings. The van der Waals surface area contributed by atoms with Gasteiger partial charge in [-0.25, -0.2) is 13.1 Å². The minimum Gasteiger partial charge on any atom is -0.384 e. The van der Waals surface area contributed by atoms with Crippen molar-refractivity contribution in [2.45, 2.75) is 11.8 Å². The van der Waals surface area contributed by atoms with E-state index in [9.17, 15) is 8.42 Å². The zero-order valence-corrected chi connectivity index (χ0v) is 12.7. The average molecular weight is 302 g/mol. The largest absolute Gasteiger partial charge is 0.384 e. The van der Waals surface area contributed by atoms with Crippen molar-refractivity contribution in [3.63, 3.8) is 0 Å². The molecule has 2 N–H and O–H groups in total. The number of sulfonamides is 1. The Bertz CT molecular complexity index is 491. The number of methoxy groups -OCH3 is 1. The maximum absolute atomic E-state index is 12.2. The highest BCUT2D eigenvalue weighted by Crippen LogP contribution is 2.19. The fourth-order valence-electron chi connectivity index (χ4n) is 1.61. The van der Waals surface area contributed by atoms with Crippen molar-refractivity contribution in [3.8, 4) is 0 Å². The molecule has 0 spiro atoms. The van der Waals surface area contributed by atoms with Gasteiger partial charge in [-0.2, -0.15) is 0 Å². The summed E-state index contributed by atoms with van der Waals surface area (Å²) in [5.41, 5.74) is 0.600. The number of anilines is 1. The van der Waals surface area contributed by atoms with Gasteiger partial charge in [0.2, 0.25) is 10.0 Å². The summed E-state index contributed by atoms with van der Waals surface area (Å²) in [6.07, 6.45) is 0. The van der Waals surface area contributed by atoms with E-state index in [2.05, 4.69) is 10.0 Å². The lowest BCUT2D eigenvalue weighted by atomic mass is 10.3. The second-order valence-corrected chi connectivity index (χ2v) is 5.76. The van der Waals surface area contributed by atoms with Crippen molar-refractivity contribution >= 4 is 15.7 Å². The van der Waals surface area contributed by atoms with Crippen LogP contribution in [0.25, 0.3) is 0 Å².